The van der Waals surface area contributed by atoms with E-state index in [4.69, 9.17) is 0 Å². The predicted octanol–water partition coefficient (Wildman–Crippen LogP) is 3.96. The number of nitrogens with zero attached hydrogens (tertiary/aromatic N) is 1. The van der Waals surface area contributed by atoms with Gasteiger partial charge in [-0.3, -0.25) is 9.59 Å². The Bertz CT molecular complexity index is 731. The lowest BCUT2D eigenvalue weighted by Gasteiger charge is -2.17. The lowest BCUT2D eigenvalue weighted by molar-refractivity contribution is -0.121. The van der Waals surface area contributed by atoms with E-state index in [2.05, 4.69) is 37.2 Å². The molecule has 1 aliphatic heterocycles. The van der Waals surface area contributed by atoms with E-state index in [1.54, 1.807) is 12.1 Å². The van der Waals surface area contributed by atoms with Crippen molar-refractivity contribution in [1.82, 2.24) is 0 Å². The second-order valence-corrected chi connectivity index (χ2v) is 6.70. The molecule has 1 N–H and O–H groups in total. The van der Waals surface area contributed by atoms with E-state index in [9.17, 15) is 9.59 Å². The number of carbonyl (C=O) groups excluding carboxylic acids is 2. The van der Waals surface area contributed by atoms with Crippen LogP contribution in [0, 0.1) is 0 Å². The van der Waals surface area contributed by atoms with Crippen LogP contribution in [0.15, 0.2) is 57.5 Å². The van der Waals surface area contributed by atoms with Crippen LogP contribution in [0.3, 0.4) is 0 Å². The molecule has 0 aliphatic carbocycles. The third-order valence-corrected chi connectivity index (χ3v) is 4.62. The minimum absolute atomic E-state index is 0.149. The van der Waals surface area contributed by atoms with Gasteiger partial charge in [-0.1, -0.05) is 28.1 Å². The topological polar surface area (TPSA) is 49.4 Å². The highest BCUT2D eigenvalue weighted by molar-refractivity contribution is 9.10. The van der Waals surface area contributed by atoms with E-state index >= 15 is 0 Å². The summed E-state index contributed by atoms with van der Waals surface area (Å²) in [6, 6.07) is 14.2. The lowest BCUT2D eigenvalue weighted by Crippen LogP contribution is -2.35. The molecule has 0 saturated carbocycles. The Labute approximate surface area is 144 Å². The smallest absolute Gasteiger partial charge is 0.256 e. The number of amides is 2. The Kier molecular flexibility index (Phi) is 4.31. The molecule has 2 aromatic carbocycles. The summed E-state index contributed by atoms with van der Waals surface area (Å²) < 4.78 is 1.68. The van der Waals surface area contributed by atoms with Gasteiger partial charge in [0.25, 0.3) is 5.91 Å². The van der Waals surface area contributed by atoms with Gasteiger partial charge in [0.2, 0.25) is 5.91 Å². The van der Waals surface area contributed by atoms with Gasteiger partial charge >= 0.3 is 0 Å². The predicted molar refractivity (Wildman–Crippen MR) is 92.8 cm³/mol. The van der Waals surface area contributed by atoms with Crippen LogP contribution < -0.4 is 10.2 Å². The quantitative estimate of drug-likeness (QED) is 0.760. The second kappa shape index (κ2) is 6.22. The average Bonchev–Trinajstić information content (AvgIpc) is 2.77. The zero-order valence-electron chi connectivity index (χ0n) is 11.4. The summed E-state index contributed by atoms with van der Waals surface area (Å²) in [5.74, 6) is -0.439. The summed E-state index contributed by atoms with van der Waals surface area (Å²) in [6.07, 6.45) is 0.149. The number of hydrogen-bond donors (Lipinski definition) is 1. The molecule has 0 radical (unpaired) electrons. The summed E-state index contributed by atoms with van der Waals surface area (Å²) in [4.78, 5) is 26.0. The summed E-state index contributed by atoms with van der Waals surface area (Å²) in [6.45, 7) is 0. The number of para-hydroxylation sites is 1. The maximum absolute atomic E-state index is 12.6. The maximum atomic E-state index is 12.6. The SMILES string of the molecule is O=C1C[C@H](Nc2ccc(Br)cc2)C(=O)N1c1ccccc1Br. The fourth-order valence-electron chi connectivity index (χ4n) is 2.38. The summed E-state index contributed by atoms with van der Waals surface area (Å²) >= 11 is 6.75. The van der Waals surface area contributed by atoms with Crippen molar-refractivity contribution >= 4 is 55.0 Å². The van der Waals surface area contributed by atoms with Crippen molar-refractivity contribution in [3.05, 3.63) is 57.5 Å². The molecule has 1 heterocycles. The molecule has 0 bridgehead atoms. The van der Waals surface area contributed by atoms with Crippen molar-refractivity contribution in [2.24, 2.45) is 0 Å². The van der Waals surface area contributed by atoms with Crippen LogP contribution in [0.1, 0.15) is 6.42 Å². The third-order valence-electron chi connectivity index (χ3n) is 3.43. The lowest BCUT2D eigenvalue weighted by atomic mass is 10.2. The molecule has 3 rings (SSSR count). The van der Waals surface area contributed by atoms with E-state index in [-0.39, 0.29) is 18.2 Å². The first kappa shape index (κ1) is 15.2. The number of carbonyl (C=O) groups is 2. The molecule has 0 spiro atoms. The average molecular weight is 424 g/mol. The van der Waals surface area contributed by atoms with Crippen LogP contribution in [-0.4, -0.2) is 17.9 Å². The van der Waals surface area contributed by atoms with Gasteiger partial charge in [0.15, 0.2) is 0 Å². The normalized spacial score (nSPS) is 17.9. The van der Waals surface area contributed by atoms with Gasteiger partial charge in [-0.2, -0.15) is 0 Å². The number of benzene rings is 2. The van der Waals surface area contributed by atoms with Gasteiger partial charge < -0.3 is 5.32 Å². The van der Waals surface area contributed by atoms with Crippen molar-refractivity contribution < 1.29 is 9.59 Å². The maximum Gasteiger partial charge on any atom is 0.256 e. The molecule has 1 fully saturated rings. The van der Waals surface area contributed by atoms with Crippen LogP contribution in [0.2, 0.25) is 0 Å². The van der Waals surface area contributed by atoms with Crippen LogP contribution in [-0.2, 0) is 9.59 Å². The van der Waals surface area contributed by atoms with Gasteiger partial charge in [0.05, 0.1) is 12.1 Å². The summed E-state index contributed by atoms with van der Waals surface area (Å²) in [5, 5.41) is 3.12. The van der Waals surface area contributed by atoms with Crippen LogP contribution in [0.5, 0.6) is 0 Å². The van der Waals surface area contributed by atoms with E-state index < -0.39 is 6.04 Å². The Morgan fingerprint density at radius 3 is 2.36 bits per heavy atom. The number of nitrogens with one attached hydrogen (secondary N) is 1. The van der Waals surface area contributed by atoms with Gasteiger partial charge in [-0.15, -0.1) is 0 Å². The van der Waals surface area contributed by atoms with E-state index in [0.29, 0.717) is 5.69 Å². The Hall–Kier alpha value is -1.66. The highest BCUT2D eigenvalue weighted by Crippen LogP contribution is 2.31. The van der Waals surface area contributed by atoms with Crippen molar-refractivity contribution in [3.63, 3.8) is 0 Å². The molecule has 6 heteroatoms. The minimum atomic E-state index is -0.541. The highest BCUT2D eigenvalue weighted by atomic mass is 79.9. The number of rotatable bonds is 3. The van der Waals surface area contributed by atoms with E-state index in [0.717, 1.165) is 14.6 Å². The van der Waals surface area contributed by atoms with Crippen molar-refractivity contribution in [3.8, 4) is 0 Å². The molecule has 112 valence electrons. The second-order valence-electron chi connectivity index (χ2n) is 4.93. The van der Waals surface area contributed by atoms with Crippen LogP contribution in [0.25, 0.3) is 0 Å². The number of anilines is 2. The summed E-state index contributed by atoms with van der Waals surface area (Å²) in [7, 11) is 0. The first-order valence-corrected chi connectivity index (χ1v) is 8.28. The van der Waals surface area contributed by atoms with Gasteiger partial charge in [-0.25, -0.2) is 4.90 Å². The zero-order chi connectivity index (χ0) is 15.7. The third kappa shape index (κ3) is 2.94. The Balaban J connectivity index is 1.82. The number of imide groups is 1. The van der Waals surface area contributed by atoms with Gasteiger partial charge in [0, 0.05) is 14.6 Å². The van der Waals surface area contributed by atoms with E-state index in [1.807, 2.05) is 36.4 Å². The molecule has 0 unspecified atom stereocenters. The molecule has 2 amide bonds. The molecule has 1 atom stereocenters. The molecular weight excluding hydrogens is 412 g/mol. The fraction of sp³-hybridized carbons (Fsp3) is 0.125. The number of hydrogen-bond acceptors (Lipinski definition) is 3. The van der Waals surface area contributed by atoms with Gasteiger partial charge in [-0.05, 0) is 52.3 Å². The Morgan fingerprint density at radius 1 is 1.00 bits per heavy atom. The van der Waals surface area contributed by atoms with Crippen LogP contribution >= 0.6 is 31.9 Å². The monoisotopic (exact) mass is 422 g/mol. The molecular formula is C16H12Br2N2O2. The van der Waals surface area contributed by atoms with E-state index in [1.165, 1.54) is 4.90 Å². The standard InChI is InChI=1S/C16H12Br2N2O2/c17-10-5-7-11(8-6-10)19-13-9-15(21)20(16(13)22)14-4-2-1-3-12(14)18/h1-8,13,19H,9H2/t13-/m0/s1. The van der Waals surface area contributed by atoms with Crippen molar-refractivity contribution in [2.75, 3.05) is 10.2 Å². The minimum Gasteiger partial charge on any atom is -0.373 e. The molecule has 0 aromatic heterocycles. The molecule has 22 heavy (non-hydrogen) atoms. The zero-order valence-corrected chi connectivity index (χ0v) is 14.6. The first-order chi connectivity index (χ1) is 10.6. The number of halogens is 2. The molecule has 1 saturated heterocycles. The van der Waals surface area contributed by atoms with Crippen molar-refractivity contribution in [1.29, 1.82) is 0 Å². The van der Waals surface area contributed by atoms with Crippen LogP contribution in [0.4, 0.5) is 11.4 Å². The molecule has 4 nitrogen and oxygen atoms in total. The largest absolute Gasteiger partial charge is 0.373 e. The summed E-state index contributed by atoms with van der Waals surface area (Å²) in [5.41, 5.74) is 1.39. The molecule has 2 aromatic rings. The van der Waals surface area contributed by atoms with Crippen molar-refractivity contribution in [2.45, 2.75) is 12.5 Å². The van der Waals surface area contributed by atoms with Gasteiger partial charge in [0.1, 0.15) is 6.04 Å². The fourth-order valence-corrected chi connectivity index (χ4v) is 3.10. The highest BCUT2D eigenvalue weighted by Gasteiger charge is 2.40. The Morgan fingerprint density at radius 2 is 1.68 bits per heavy atom. The molecule has 1 aliphatic rings. The first-order valence-electron chi connectivity index (χ1n) is 6.69.